The number of halogens is 2. The first-order valence-corrected chi connectivity index (χ1v) is 11.3. The minimum atomic E-state index is -4.83. The number of benzene rings is 2. The SMILES string of the molecule is O=C(CN1CCC(NC(=O)c2ccccc2)CC1)Nc1ccccc1S(=O)(=O)C(F)F. The van der Waals surface area contributed by atoms with E-state index in [0.717, 1.165) is 6.07 Å². The number of alkyl halides is 2. The molecule has 0 aromatic heterocycles. The lowest BCUT2D eigenvalue weighted by Crippen LogP contribution is -2.46. The molecule has 0 unspecified atom stereocenters. The fourth-order valence-electron chi connectivity index (χ4n) is 3.40. The average Bonchev–Trinajstić information content (AvgIpc) is 2.76. The number of hydrogen-bond acceptors (Lipinski definition) is 5. The Balaban J connectivity index is 1.52. The van der Waals surface area contributed by atoms with Crippen LogP contribution in [-0.4, -0.2) is 56.6 Å². The van der Waals surface area contributed by atoms with Crippen LogP contribution in [0.15, 0.2) is 59.5 Å². The molecule has 1 aliphatic heterocycles. The van der Waals surface area contributed by atoms with Crippen molar-refractivity contribution in [3.8, 4) is 0 Å². The first kappa shape index (κ1) is 22.8. The van der Waals surface area contributed by atoms with Crippen LogP contribution in [0.2, 0.25) is 0 Å². The summed E-state index contributed by atoms with van der Waals surface area (Å²) < 4.78 is 49.4. The molecule has 1 aliphatic rings. The minimum Gasteiger partial charge on any atom is -0.349 e. The smallest absolute Gasteiger partial charge is 0.341 e. The number of amides is 2. The Morgan fingerprint density at radius 3 is 2.26 bits per heavy atom. The van der Waals surface area contributed by atoms with Gasteiger partial charge in [0.15, 0.2) is 0 Å². The summed E-state index contributed by atoms with van der Waals surface area (Å²) in [6.45, 7) is 1.11. The number of hydrogen-bond donors (Lipinski definition) is 2. The van der Waals surface area contributed by atoms with Crippen LogP contribution in [0.25, 0.3) is 0 Å². The largest absolute Gasteiger partial charge is 0.349 e. The first-order valence-electron chi connectivity index (χ1n) is 9.76. The van der Waals surface area contributed by atoms with E-state index in [4.69, 9.17) is 0 Å². The molecule has 0 aliphatic carbocycles. The van der Waals surface area contributed by atoms with Crippen LogP contribution in [0.3, 0.4) is 0 Å². The van der Waals surface area contributed by atoms with Gasteiger partial charge in [0.1, 0.15) is 0 Å². The number of carbonyl (C=O) groups excluding carboxylic acids is 2. The standard InChI is InChI=1S/C21H23F2N3O4S/c22-21(23)31(29,30)18-9-5-4-8-17(18)25-19(27)14-26-12-10-16(11-13-26)24-20(28)15-6-2-1-3-7-15/h1-9,16,21H,10-14H2,(H,24,28)(H,25,27). The van der Waals surface area contributed by atoms with Crippen molar-refractivity contribution in [1.29, 1.82) is 0 Å². The first-order chi connectivity index (χ1) is 14.8. The van der Waals surface area contributed by atoms with Gasteiger partial charge >= 0.3 is 5.76 Å². The van der Waals surface area contributed by atoms with Crippen LogP contribution < -0.4 is 10.6 Å². The molecule has 0 bridgehead atoms. The molecule has 0 atom stereocenters. The Hall–Kier alpha value is -2.85. The molecule has 166 valence electrons. The maximum Gasteiger partial charge on any atom is 0.341 e. The predicted molar refractivity (Wildman–Crippen MR) is 112 cm³/mol. The number of likely N-dealkylation sites (tertiary alicyclic amines) is 1. The molecule has 2 aromatic carbocycles. The molecule has 1 saturated heterocycles. The number of piperidine rings is 1. The van der Waals surface area contributed by atoms with Crippen LogP contribution in [0.1, 0.15) is 23.2 Å². The zero-order valence-corrected chi connectivity index (χ0v) is 17.4. The van der Waals surface area contributed by atoms with E-state index in [-0.39, 0.29) is 24.2 Å². The lowest BCUT2D eigenvalue weighted by molar-refractivity contribution is -0.117. The van der Waals surface area contributed by atoms with E-state index >= 15 is 0 Å². The van der Waals surface area contributed by atoms with Crippen molar-refractivity contribution < 1.29 is 26.8 Å². The fourth-order valence-corrected chi connectivity index (χ4v) is 4.29. The molecule has 31 heavy (non-hydrogen) atoms. The molecule has 10 heteroatoms. The monoisotopic (exact) mass is 451 g/mol. The molecule has 2 N–H and O–H groups in total. The zero-order valence-electron chi connectivity index (χ0n) is 16.6. The number of anilines is 1. The van der Waals surface area contributed by atoms with Gasteiger partial charge < -0.3 is 10.6 Å². The zero-order chi connectivity index (χ0) is 22.4. The van der Waals surface area contributed by atoms with Gasteiger partial charge in [0.05, 0.1) is 17.1 Å². The highest BCUT2D eigenvalue weighted by atomic mass is 32.2. The summed E-state index contributed by atoms with van der Waals surface area (Å²) in [5.41, 5.74) is 0.416. The number of rotatable bonds is 7. The summed E-state index contributed by atoms with van der Waals surface area (Å²) in [4.78, 5) is 25.9. The van der Waals surface area contributed by atoms with E-state index in [9.17, 15) is 26.8 Å². The van der Waals surface area contributed by atoms with Gasteiger partial charge in [-0.25, -0.2) is 8.42 Å². The van der Waals surface area contributed by atoms with Gasteiger partial charge in [0.25, 0.3) is 5.91 Å². The summed E-state index contributed by atoms with van der Waals surface area (Å²) in [5.74, 6) is -4.21. The van der Waals surface area contributed by atoms with E-state index in [2.05, 4.69) is 10.6 Å². The summed E-state index contributed by atoms with van der Waals surface area (Å²) in [6, 6.07) is 14.0. The van der Waals surface area contributed by atoms with Gasteiger partial charge in [-0.15, -0.1) is 0 Å². The third-order valence-electron chi connectivity index (χ3n) is 5.03. The van der Waals surface area contributed by atoms with Crippen molar-refractivity contribution in [2.75, 3.05) is 25.0 Å². The molecule has 0 spiro atoms. The molecular formula is C21H23F2N3O4S. The number of carbonyl (C=O) groups is 2. The molecule has 2 aromatic rings. The van der Waals surface area contributed by atoms with Crippen molar-refractivity contribution in [3.63, 3.8) is 0 Å². The normalized spacial score (nSPS) is 15.6. The van der Waals surface area contributed by atoms with Crippen molar-refractivity contribution in [2.24, 2.45) is 0 Å². The third-order valence-corrected chi connectivity index (χ3v) is 6.47. The van der Waals surface area contributed by atoms with E-state index < -0.39 is 26.4 Å². The van der Waals surface area contributed by atoms with Crippen molar-refractivity contribution in [3.05, 3.63) is 60.2 Å². The Bertz CT molecular complexity index is 1020. The minimum absolute atomic E-state index is 0.0103. The molecule has 0 saturated carbocycles. The summed E-state index contributed by atoms with van der Waals surface area (Å²) in [7, 11) is -4.83. The number of sulfone groups is 1. The van der Waals surface area contributed by atoms with Gasteiger partial charge in [-0.2, -0.15) is 8.78 Å². The molecule has 0 radical (unpaired) electrons. The predicted octanol–water partition coefficient (Wildman–Crippen LogP) is 2.52. The van der Waals surface area contributed by atoms with Gasteiger partial charge in [-0.1, -0.05) is 30.3 Å². The van der Waals surface area contributed by atoms with Gasteiger partial charge in [-0.3, -0.25) is 14.5 Å². The third kappa shape index (κ3) is 5.86. The highest BCUT2D eigenvalue weighted by Gasteiger charge is 2.30. The van der Waals surface area contributed by atoms with Crippen LogP contribution >= 0.6 is 0 Å². The number of nitrogens with one attached hydrogen (secondary N) is 2. The second kappa shape index (κ2) is 9.97. The second-order valence-corrected chi connectivity index (χ2v) is 9.13. The molecule has 2 amide bonds. The molecular weight excluding hydrogens is 428 g/mol. The second-order valence-electron chi connectivity index (χ2n) is 7.24. The van der Waals surface area contributed by atoms with Crippen LogP contribution in [0.4, 0.5) is 14.5 Å². The van der Waals surface area contributed by atoms with Crippen molar-refractivity contribution >= 4 is 27.3 Å². The van der Waals surface area contributed by atoms with Gasteiger partial charge in [-0.05, 0) is 37.1 Å². The average molecular weight is 451 g/mol. The quantitative estimate of drug-likeness (QED) is 0.675. The molecule has 7 nitrogen and oxygen atoms in total. The van der Waals surface area contributed by atoms with Gasteiger partial charge in [0.2, 0.25) is 15.7 Å². The Morgan fingerprint density at radius 1 is 1.00 bits per heavy atom. The topological polar surface area (TPSA) is 95.6 Å². The maximum absolute atomic E-state index is 12.9. The molecule has 1 fully saturated rings. The van der Waals surface area contributed by atoms with E-state index in [1.165, 1.54) is 18.2 Å². The van der Waals surface area contributed by atoms with Crippen LogP contribution in [0, 0.1) is 0 Å². The molecule has 3 rings (SSSR count). The van der Waals surface area contributed by atoms with Crippen LogP contribution in [-0.2, 0) is 14.6 Å². The van der Waals surface area contributed by atoms with Crippen molar-refractivity contribution in [2.45, 2.75) is 29.5 Å². The fraction of sp³-hybridized carbons (Fsp3) is 0.333. The Kier molecular flexibility index (Phi) is 7.34. The molecule has 1 heterocycles. The van der Waals surface area contributed by atoms with E-state index in [1.54, 1.807) is 24.3 Å². The maximum atomic E-state index is 12.9. The highest BCUT2D eigenvalue weighted by Crippen LogP contribution is 2.26. The highest BCUT2D eigenvalue weighted by molar-refractivity contribution is 7.91. The van der Waals surface area contributed by atoms with E-state index in [1.807, 2.05) is 11.0 Å². The number of nitrogens with zero attached hydrogens (tertiary/aromatic N) is 1. The van der Waals surface area contributed by atoms with Crippen molar-refractivity contribution in [1.82, 2.24) is 10.2 Å². The lowest BCUT2D eigenvalue weighted by atomic mass is 10.0. The Morgan fingerprint density at radius 2 is 1.61 bits per heavy atom. The summed E-state index contributed by atoms with van der Waals surface area (Å²) >= 11 is 0. The summed E-state index contributed by atoms with van der Waals surface area (Å²) in [6.07, 6.45) is 1.31. The number of para-hydroxylation sites is 1. The van der Waals surface area contributed by atoms with Crippen LogP contribution in [0.5, 0.6) is 0 Å². The lowest BCUT2D eigenvalue weighted by Gasteiger charge is -2.31. The summed E-state index contributed by atoms with van der Waals surface area (Å²) in [5, 5.41) is 5.40. The van der Waals surface area contributed by atoms with Gasteiger partial charge in [0, 0.05) is 24.7 Å². The van der Waals surface area contributed by atoms with E-state index in [0.29, 0.717) is 31.5 Å². The Labute approximate surface area is 179 Å².